The molecule has 1 aromatic carbocycles. The van der Waals surface area contributed by atoms with Crippen LogP contribution in [0.1, 0.15) is 0 Å². The van der Waals surface area contributed by atoms with Crippen molar-refractivity contribution in [1.82, 2.24) is 4.98 Å². The Kier molecular flexibility index (Phi) is 3.05. The van der Waals surface area contributed by atoms with Gasteiger partial charge in [0.2, 0.25) is 0 Å². The molecular weight excluding hydrogens is 210 g/mol. The summed E-state index contributed by atoms with van der Waals surface area (Å²) in [5, 5.41) is 0.721. The van der Waals surface area contributed by atoms with Gasteiger partial charge in [-0.2, -0.15) is 0 Å². The molecule has 0 bridgehead atoms. The zero-order valence-electron chi connectivity index (χ0n) is 7.94. The number of benzene rings is 1. The van der Waals surface area contributed by atoms with Crippen LogP contribution < -0.4 is 10.9 Å². The molecule has 76 valence electrons. The summed E-state index contributed by atoms with van der Waals surface area (Å²) in [5.41, 5.74) is 6.93. The van der Waals surface area contributed by atoms with E-state index in [1.807, 2.05) is 42.5 Å². The summed E-state index contributed by atoms with van der Waals surface area (Å²) in [7, 11) is 0. The molecular formula is C11H10ClN3. The molecule has 2 N–H and O–H groups in total. The smallest absolute Gasteiger partial charge is 0.144 e. The number of halogens is 1. The highest BCUT2D eigenvalue weighted by Gasteiger charge is 1.92. The lowest BCUT2D eigenvalue weighted by atomic mass is 10.3. The van der Waals surface area contributed by atoms with Crippen molar-refractivity contribution in [3.05, 3.63) is 53.7 Å². The molecule has 4 heteroatoms. The number of hydrogen-bond acceptors (Lipinski definition) is 3. The van der Waals surface area contributed by atoms with Crippen LogP contribution in [0.15, 0.2) is 48.7 Å². The third-order valence-corrected chi connectivity index (χ3v) is 2.10. The number of hydrogen-bond donors (Lipinski definition) is 2. The van der Waals surface area contributed by atoms with Crippen molar-refractivity contribution in [3.8, 4) is 0 Å². The standard InChI is InChI=1S/C11H10ClN3/c12-9-4-6-10(7-5-9)14-15-11-3-1-2-8-13-11/h1-8,14H,(H,13,15). The van der Waals surface area contributed by atoms with E-state index in [1.165, 1.54) is 0 Å². The van der Waals surface area contributed by atoms with E-state index >= 15 is 0 Å². The number of nitrogens with one attached hydrogen (secondary N) is 2. The molecule has 1 heterocycles. The summed E-state index contributed by atoms with van der Waals surface area (Å²) in [4.78, 5) is 4.11. The Balaban J connectivity index is 1.96. The van der Waals surface area contributed by atoms with Crippen molar-refractivity contribution in [1.29, 1.82) is 0 Å². The van der Waals surface area contributed by atoms with Crippen molar-refractivity contribution < 1.29 is 0 Å². The molecule has 2 aromatic rings. The van der Waals surface area contributed by atoms with Gasteiger partial charge in [0.05, 0.1) is 5.69 Å². The lowest BCUT2D eigenvalue weighted by Crippen LogP contribution is -2.09. The van der Waals surface area contributed by atoms with Gasteiger partial charge < -0.3 is 0 Å². The maximum absolute atomic E-state index is 5.77. The van der Waals surface area contributed by atoms with E-state index < -0.39 is 0 Å². The molecule has 0 radical (unpaired) electrons. The fraction of sp³-hybridized carbons (Fsp3) is 0. The van der Waals surface area contributed by atoms with E-state index in [0.29, 0.717) is 0 Å². The van der Waals surface area contributed by atoms with Gasteiger partial charge in [-0.15, -0.1) is 0 Å². The van der Waals surface area contributed by atoms with Crippen molar-refractivity contribution in [2.24, 2.45) is 0 Å². The normalized spacial score (nSPS) is 9.67. The molecule has 0 saturated heterocycles. The number of aromatic nitrogens is 1. The molecule has 0 atom stereocenters. The van der Waals surface area contributed by atoms with Crippen LogP contribution in [0.5, 0.6) is 0 Å². The third kappa shape index (κ3) is 2.86. The second-order valence-corrected chi connectivity index (χ2v) is 3.41. The van der Waals surface area contributed by atoms with Crippen LogP contribution in [-0.4, -0.2) is 4.98 Å². The SMILES string of the molecule is Clc1ccc(NNc2ccccn2)cc1. The molecule has 2 rings (SSSR count). The topological polar surface area (TPSA) is 37.0 Å². The lowest BCUT2D eigenvalue weighted by Gasteiger charge is -2.08. The second-order valence-electron chi connectivity index (χ2n) is 2.97. The van der Waals surface area contributed by atoms with Crippen LogP contribution in [0, 0.1) is 0 Å². The first kappa shape index (κ1) is 9.80. The molecule has 0 aliphatic rings. The Hall–Kier alpha value is -1.74. The van der Waals surface area contributed by atoms with Crippen LogP contribution in [0.3, 0.4) is 0 Å². The fourth-order valence-corrected chi connectivity index (χ4v) is 1.23. The van der Waals surface area contributed by atoms with Crippen LogP contribution in [-0.2, 0) is 0 Å². The summed E-state index contributed by atoms with van der Waals surface area (Å²) in [6.07, 6.45) is 1.73. The van der Waals surface area contributed by atoms with Crippen molar-refractivity contribution in [2.75, 3.05) is 10.9 Å². The van der Waals surface area contributed by atoms with Gasteiger partial charge in [0.1, 0.15) is 5.82 Å². The molecule has 0 fully saturated rings. The van der Waals surface area contributed by atoms with Crippen molar-refractivity contribution in [2.45, 2.75) is 0 Å². The summed E-state index contributed by atoms with van der Waals surface area (Å²) in [5.74, 6) is 0.771. The minimum absolute atomic E-state index is 0.721. The Morgan fingerprint density at radius 1 is 0.933 bits per heavy atom. The lowest BCUT2D eigenvalue weighted by molar-refractivity contribution is 1.27. The first-order valence-electron chi connectivity index (χ1n) is 4.53. The minimum atomic E-state index is 0.721. The summed E-state index contributed by atoms with van der Waals surface area (Å²) in [6.45, 7) is 0. The van der Waals surface area contributed by atoms with Gasteiger partial charge in [-0.25, -0.2) is 4.98 Å². The van der Waals surface area contributed by atoms with Gasteiger partial charge in [0, 0.05) is 11.2 Å². The van der Waals surface area contributed by atoms with Gasteiger partial charge in [0.15, 0.2) is 0 Å². The van der Waals surface area contributed by atoms with Gasteiger partial charge in [0.25, 0.3) is 0 Å². The third-order valence-electron chi connectivity index (χ3n) is 1.84. The Labute approximate surface area is 93.1 Å². The largest absolute Gasteiger partial charge is 0.300 e. The molecule has 0 unspecified atom stereocenters. The van der Waals surface area contributed by atoms with Crippen LogP contribution in [0.25, 0.3) is 0 Å². The minimum Gasteiger partial charge on any atom is -0.300 e. The zero-order chi connectivity index (χ0) is 10.5. The molecule has 3 nitrogen and oxygen atoms in total. The number of nitrogens with zero attached hydrogens (tertiary/aromatic N) is 1. The van der Waals surface area contributed by atoms with E-state index in [1.54, 1.807) is 6.20 Å². The van der Waals surface area contributed by atoms with E-state index in [-0.39, 0.29) is 0 Å². The molecule has 15 heavy (non-hydrogen) atoms. The number of rotatable bonds is 3. The Morgan fingerprint density at radius 3 is 2.40 bits per heavy atom. The monoisotopic (exact) mass is 219 g/mol. The molecule has 0 spiro atoms. The van der Waals surface area contributed by atoms with Gasteiger partial charge in [-0.05, 0) is 36.4 Å². The van der Waals surface area contributed by atoms with E-state index in [9.17, 15) is 0 Å². The maximum atomic E-state index is 5.77. The first-order chi connectivity index (χ1) is 7.34. The quantitative estimate of drug-likeness (QED) is 0.779. The van der Waals surface area contributed by atoms with E-state index in [2.05, 4.69) is 15.8 Å². The zero-order valence-corrected chi connectivity index (χ0v) is 8.70. The first-order valence-corrected chi connectivity index (χ1v) is 4.91. The predicted octanol–water partition coefficient (Wildman–Crippen LogP) is 3.17. The van der Waals surface area contributed by atoms with Crippen LogP contribution in [0.4, 0.5) is 11.5 Å². The average molecular weight is 220 g/mol. The average Bonchev–Trinajstić information content (AvgIpc) is 2.30. The highest BCUT2D eigenvalue weighted by molar-refractivity contribution is 6.30. The van der Waals surface area contributed by atoms with Crippen LogP contribution >= 0.6 is 11.6 Å². The molecule has 1 aromatic heterocycles. The predicted molar refractivity (Wildman–Crippen MR) is 62.9 cm³/mol. The van der Waals surface area contributed by atoms with Crippen LogP contribution in [0.2, 0.25) is 5.02 Å². The molecule has 0 saturated carbocycles. The highest BCUT2D eigenvalue weighted by Crippen LogP contribution is 2.13. The molecule has 0 aliphatic heterocycles. The molecule has 0 amide bonds. The van der Waals surface area contributed by atoms with Crippen molar-refractivity contribution in [3.63, 3.8) is 0 Å². The summed E-state index contributed by atoms with van der Waals surface area (Å²) < 4.78 is 0. The number of anilines is 2. The van der Waals surface area contributed by atoms with Gasteiger partial charge in [-0.1, -0.05) is 17.7 Å². The van der Waals surface area contributed by atoms with E-state index in [4.69, 9.17) is 11.6 Å². The highest BCUT2D eigenvalue weighted by atomic mass is 35.5. The summed E-state index contributed by atoms with van der Waals surface area (Å²) >= 11 is 5.77. The number of hydrazine groups is 1. The van der Waals surface area contributed by atoms with Gasteiger partial charge in [-0.3, -0.25) is 10.9 Å². The Morgan fingerprint density at radius 2 is 1.73 bits per heavy atom. The fourth-order valence-electron chi connectivity index (χ4n) is 1.11. The number of pyridine rings is 1. The molecule has 0 aliphatic carbocycles. The summed E-state index contributed by atoms with van der Waals surface area (Å²) in [6, 6.07) is 13.1. The van der Waals surface area contributed by atoms with Crippen molar-refractivity contribution >= 4 is 23.1 Å². The van der Waals surface area contributed by atoms with Gasteiger partial charge >= 0.3 is 0 Å². The maximum Gasteiger partial charge on any atom is 0.144 e. The Bertz CT molecular complexity index is 414. The van der Waals surface area contributed by atoms with E-state index in [0.717, 1.165) is 16.5 Å². The second kappa shape index (κ2) is 4.66.